The number of hydrogen-bond acceptors (Lipinski definition) is 5. The number of aliphatic carboxylic acids is 1. The zero-order valence-electron chi connectivity index (χ0n) is 11.0. The Kier molecular flexibility index (Phi) is 5.43. The molecule has 1 aromatic rings. The van der Waals surface area contributed by atoms with Crippen molar-refractivity contribution in [2.24, 2.45) is 11.7 Å². The predicted octanol–water partition coefficient (Wildman–Crippen LogP) is -0.648. The number of carboxylic acid groups (broad SMARTS) is 1. The summed E-state index contributed by atoms with van der Waals surface area (Å²) in [6.45, 7) is 3.96. The molecule has 0 saturated carbocycles. The molecule has 106 valence electrons. The quantitative estimate of drug-likeness (QED) is 0.604. The SMILES string of the molecule is CC(C)CC(NC(=O)Cn1cc(CN)nn1)C(=O)O. The Hall–Kier alpha value is -1.96. The summed E-state index contributed by atoms with van der Waals surface area (Å²) in [6, 6.07) is -0.884. The van der Waals surface area contributed by atoms with E-state index in [-0.39, 0.29) is 19.0 Å². The maximum absolute atomic E-state index is 11.7. The van der Waals surface area contributed by atoms with Crippen LogP contribution in [0.4, 0.5) is 0 Å². The van der Waals surface area contributed by atoms with Crippen LogP contribution in [0.25, 0.3) is 0 Å². The first-order chi connectivity index (χ1) is 8.92. The minimum Gasteiger partial charge on any atom is -0.480 e. The van der Waals surface area contributed by atoms with Crippen molar-refractivity contribution in [3.8, 4) is 0 Å². The number of nitrogens with two attached hydrogens (primary N) is 1. The van der Waals surface area contributed by atoms with Crippen LogP contribution < -0.4 is 11.1 Å². The number of nitrogens with zero attached hydrogens (tertiary/aromatic N) is 3. The first kappa shape index (κ1) is 15.1. The molecule has 1 unspecified atom stereocenters. The Morgan fingerprint density at radius 3 is 2.68 bits per heavy atom. The smallest absolute Gasteiger partial charge is 0.326 e. The maximum Gasteiger partial charge on any atom is 0.326 e. The molecular formula is C11H19N5O3. The lowest BCUT2D eigenvalue weighted by Gasteiger charge is -2.16. The summed E-state index contributed by atoms with van der Waals surface area (Å²) in [6.07, 6.45) is 1.93. The Bertz CT molecular complexity index is 443. The van der Waals surface area contributed by atoms with E-state index >= 15 is 0 Å². The molecule has 0 saturated heterocycles. The number of aromatic nitrogens is 3. The maximum atomic E-state index is 11.7. The molecule has 0 aliphatic rings. The van der Waals surface area contributed by atoms with Gasteiger partial charge in [-0.15, -0.1) is 5.10 Å². The highest BCUT2D eigenvalue weighted by Gasteiger charge is 2.21. The van der Waals surface area contributed by atoms with Crippen LogP contribution in [0.5, 0.6) is 0 Å². The highest BCUT2D eigenvalue weighted by atomic mass is 16.4. The van der Waals surface area contributed by atoms with Crippen LogP contribution in [0.1, 0.15) is 26.0 Å². The van der Waals surface area contributed by atoms with Gasteiger partial charge in [0.15, 0.2) is 0 Å². The van der Waals surface area contributed by atoms with Gasteiger partial charge in [-0.3, -0.25) is 4.79 Å². The van der Waals surface area contributed by atoms with Crippen LogP contribution in [-0.4, -0.2) is 38.0 Å². The highest BCUT2D eigenvalue weighted by molar-refractivity contribution is 5.83. The molecule has 1 rings (SSSR count). The van der Waals surface area contributed by atoms with Gasteiger partial charge in [0, 0.05) is 6.54 Å². The molecule has 1 aromatic heterocycles. The van der Waals surface area contributed by atoms with E-state index in [1.54, 1.807) is 6.20 Å². The molecule has 0 aromatic carbocycles. The van der Waals surface area contributed by atoms with Crippen LogP contribution >= 0.6 is 0 Å². The van der Waals surface area contributed by atoms with Gasteiger partial charge in [0.05, 0.1) is 11.9 Å². The summed E-state index contributed by atoms with van der Waals surface area (Å²) in [7, 11) is 0. The molecule has 0 spiro atoms. The van der Waals surface area contributed by atoms with Gasteiger partial charge in [-0.1, -0.05) is 19.1 Å². The largest absolute Gasteiger partial charge is 0.480 e. The Labute approximate surface area is 111 Å². The van der Waals surface area contributed by atoms with Gasteiger partial charge in [0.25, 0.3) is 0 Å². The molecule has 1 atom stereocenters. The minimum absolute atomic E-state index is 0.0745. The molecule has 4 N–H and O–H groups in total. The van der Waals surface area contributed by atoms with E-state index in [2.05, 4.69) is 15.6 Å². The van der Waals surface area contributed by atoms with Crippen LogP contribution in [0.3, 0.4) is 0 Å². The molecule has 1 amide bonds. The number of carboxylic acids is 1. The average molecular weight is 269 g/mol. The van der Waals surface area contributed by atoms with Crippen molar-refractivity contribution in [2.75, 3.05) is 0 Å². The third kappa shape index (κ3) is 5.04. The second-order valence-electron chi connectivity index (χ2n) is 4.70. The first-order valence-corrected chi connectivity index (χ1v) is 6.03. The third-order valence-corrected chi connectivity index (χ3v) is 2.44. The molecule has 8 heteroatoms. The van der Waals surface area contributed by atoms with Gasteiger partial charge in [0.1, 0.15) is 12.6 Å². The number of amides is 1. The van der Waals surface area contributed by atoms with E-state index in [1.165, 1.54) is 4.68 Å². The normalized spacial score (nSPS) is 12.4. The molecule has 1 heterocycles. The van der Waals surface area contributed by atoms with E-state index in [1.807, 2.05) is 13.8 Å². The Morgan fingerprint density at radius 2 is 2.21 bits per heavy atom. The second kappa shape index (κ2) is 6.83. The number of hydrogen-bond donors (Lipinski definition) is 3. The second-order valence-corrected chi connectivity index (χ2v) is 4.70. The average Bonchev–Trinajstić information content (AvgIpc) is 2.75. The lowest BCUT2D eigenvalue weighted by atomic mass is 10.0. The summed E-state index contributed by atoms with van der Waals surface area (Å²) in [5.41, 5.74) is 5.95. The molecule has 0 aliphatic heterocycles. The van der Waals surface area contributed by atoms with Crippen molar-refractivity contribution in [3.63, 3.8) is 0 Å². The van der Waals surface area contributed by atoms with Gasteiger partial charge in [-0.05, 0) is 12.3 Å². The van der Waals surface area contributed by atoms with Gasteiger partial charge in [-0.2, -0.15) is 0 Å². The van der Waals surface area contributed by atoms with Crippen LogP contribution in [-0.2, 0) is 22.7 Å². The van der Waals surface area contributed by atoms with Crippen LogP contribution in [0.2, 0.25) is 0 Å². The lowest BCUT2D eigenvalue weighted by Crippen LogP contribution is -2.43. The van der Waals surface area contributed by atoms with Crippen molar-refractivity contribution < 1.29 is 14.7 Å². The molecule has 8 nitrogen and oxygen atoms in total. The molecule has 19 heavy (non-hydrogen) atoms. The van der Waals surface area contributed by atoms with Crippen molar-refractivity contribution in [3.05, 3.63) is 11.9 Å². The monoisotopic (exact) mass is 269 g/mol. The first-order valence-electron chi connectivity index (χ1n) is 6.03. The standard InChI is InChI=1S/C11H19N5O3/c1-7(2)3-9(11(18)19)13-10(17)6-16-5-8(4-12)14-15-16/h5,7,9H,3-4,6,12H2,1-2H3,(H,13,17)(H,18,19). The molecule has 0 fully saturated rings. The van der Waals surface area contributed by atoms with E-state index in [9.17, 15) is 9.59 Å². The zero-order valence-corrected chi connectivity index (χ0v) is 11.0. The van der Waals surface area contributed by atoms with E-state index < -0.39 is 17.9 Å². The number of carbonyl (C=O) groups is 2. The predicted molar refractivity (Wildman–Crippen MR) is 66.9 cm³/mol. The fraction of sp³-hybridized carbons (Fsp3) is 0.636. The zero-order chi connectivity index (χ0) is 14.4. The van der Waals surface area contributed by atoms with Crippen LogP contribution in [0, 0.1) is 5.92 Å². The van der Waals surface area contributed by atoms with Crippen molar-refractivity contribution in [1.29, 1.82) is 0 Å². The van der Waals surface area contributed by atoms with Gasteiger partial charge in [-0.25, -0.2) is 9.48 Å². The van der Waals surface area contributed by atoms with Crippen molar-refractivity contribution >= 4 is 11.9 Å². The minimum atomic E-state index is -1.04. The topological polar surface area (TPSA) is 123 Å². The van der Waals surface area contributed by atoms with Crippen LogP contribution in [0.15, 0.2) is 6.20 Å². The van der Waals surface area contributed by atoms with Crippen molar-refractivity contribution in [1.82, 2.24) is 20.3 Å². The summed E-state index contributed by atoms with van der Waals surface area (Å²) in [5, 5.41) is 18.9. The van der Waals surface area contributed by atoms with Gasteiger partial charge in [0.2, 0.25) is 5.91 Å². The fourth-order valence-electron chi connectivity index (χ4n) is 1.59. The summed E-state index contributed by atoms with van der Waals surface area (Å²) < 4.78 is 1.33. The lowest BCUT2D eigenvalue weighted by molar-refractivity contribution is -0.142. The number of rotatable bonds is 7. The molecule has 0 radical (unpaired) electrons. The third-order valence-electron chi connectivity index (χ3n) is 2.44. The van der Waals surface area contributed by atoms with Gasteiger partial charge >= 0.3 is 5.97 Å². The van der Waals surface area contributed by atoms with E-state index in [0.29, 0.717) is 12.1 Å². The number of carbonyl (C=O) groups excluding carboxylic acids is 1. The highest BCUT2D eigenvalue weighted by Crippen LogP contribution is 2.05. The summed E-state index contributed by atoms with van der Waals surface area (Å²) in [4.78, 5) is 22.7. The Morgan fingerprint density at radius 1 is 1.53 bits per heavy atom. The fourth-order valence-corrected chi connectivity index (χ4v) is 1.59. The molecular weight excluding hydrogens is 250 g/mol. The molecule has 0 bridgehead atoms. The van der Waals surface area contributed by atoms with E-state index in [4.69, 9.17) is 10.8 Å². The Balaban J connectivity index is 2.54. The summed E-state index contributed by atoms with van der Waals surface area (Å²) in [5.74, 6) is -1.28. The molecule has 0 aliphatic carbocycles. The van der Waals surface area contributed by atoms with Crippen molar-refractivity contribution in [2.45, 2.75) is 39.4 Å². The number of nitrogens with one attached hydrogen (secondary N) is 1. The van der Waals surface area contributed by atoms with Gasteiger partial charge < -0.3 is 16.2 Å². The van der Waals surface area contributed by atoms with E-state index in [0.717, 1.165) is 0 Å². The summed E-state index contributed by atoms with van der Waals surface area (Å²) >= 11 is 0.